The number of para-hydroxylation sites is 2. The second-order valence-electron chi connectivity index (χ2n) is 8.13. The van der Waals surface area contributed by atoms with Crippen molar-refractivity contribution < 1.29 is 9.53 Å². The van der Waals surface area contributed by atoms with Crippen LogP contribution in [-0.2, 0) is 13.5 Å². The normalized spacial score (nSPS) is 16.4. The van der Waals surface area contributed by atoms with E-state index in [2.05, 4.69) is 20.4 Å². The number of carbonyl (C=O) groups is 1. The molecule has 2 amide bonds. The van der Waals surface area contributed by atoms with E-state index in [9.17, 15) is 4.79 Å². The zero-order chi connectivity index (χ0) is 20.6. The fraction of sp³-hybridized carbons (Fsp3) is 0.381. The first-order valence-corrected chi connectivity index (χ1v) is 9.69. The average Bonchev–Trinajstić information content (AvgIpc) is 3.30. The summed E-state index contributed by atoms with van der Waals surface area (Å²) in [6, 6.07) is 8.90. The van der Waals surface area contributed by atoms with Crippen molar-refractivity contribution >= 4 is 11.7 Å². The Hall–Kier alpha value is -3.29. The zero-order valence-corrected chi connectivity index (χ0v) is 17.1. The molecule has 2 N–H and O–H groups in total. The number of rotatable bonds is 3. The molecule has 2 aromatic heterocycles. The van der Waals surface area contributed by atoms with E-state index in [0.29, 0.717) is 18.0 Å². The summed E-state index contributed by atoms with van der Waals surface area (Å²) in [6.07, 6.45) is 4.14. The highest BCUT2D eigenvalue weighted by Crippen LogP contribution is 2.34. The van der Waals surface area contributed by atoms with Crippen LogP contribution in [0.15, 0.2) is 42.9 Å². The highest BCUT2D eigenvalue weighted by atomic mass is 16.5. The van der Waals surface area contributed by atoms with Gasteiger partial charge in [-0.05, 0) is 39.0 Å². The van der Waals surface area contributed by atoms with Crippen LogP contribution in [0, 0.1) is 0 Å². The third kappa shape index (κ3) is 3.83. The molecule has 0 saturated heterocycles. The molecule has 29 heavy (non-hydrogen) atoms. The Balaban J connectivity index is 1.64. The van der Waals surface area contributed by atoms with Crippen LogP contribution >= 0.6 is 0 Å². The molecular formula is C21H26N6O2. The Morgan fingerprint density at radius 2 is 2.07 bits per heavy atom. The maximum Gasteiger partial charge on any atom is 0.322 e. The van der Waals surface area contributed by atoms with Crippen molar-refractivity contribution in [2.24, 2.45) is 7.05 Å². The number of anilines is 1. The number of H-pyrrole nitrogens is 1. The van der Waals surface area contributed by atoms with Crippen molar-refractivity contribution in [2.45, 2.75) is 38.8 Å². The van der Waals surface area contributed by atoms with Gasteiger partial charge in [0.05, 0.1) is 23.4 Å². The quantitative estimate of drug-likeness (QED) is 0.712. The SMILES string of the molecule is Cn1nccc1[C@H]1c2nc[nH]c2CCN1C(=O)Nc1ccccc1OC(C)(C)C. The standard InChI is InChI=1S/C21H26N6O2/c1-21(2,3)29-17-8-6-5-7-14(17)25-20(28)27-12-10-15-18(23-13-22-15)19(27)16-9-11-24-26(16)4/h5-9,11,13,19H,10,12H2,1-4H3,(H,22,23)(H,25,28)/t19-/m0/s1. The lowest BCUT2D eigenvalue weighted by Gasteiger charge is -2.35. The number of imidazole rings is 1. The number of hydrogen-bond acceptors (Lipinski definition) is 4. The molecule has 0 spiro atoms. The van der Waals surface area contributed by atoms with Gasteiger partial charge in [-0.2, -0.15) is 5.10 Å². The van der Waals surface area contributed by atoms with E-state index in [1.807, 2.05) is 58.2 Å². The van der Waals surface area contributed by atoms with Crippen LogP contribution in [-0.4, -0.2) is 42.8 Å². The minimum atomic E-state index is -0.368. The smallest absolute Gasteiger partial charge is 0.322 e. The van der Waals surface area contributed by atoms with Gasteiger partial charge in [-0.15, -0.1) is 0 Å². The topological polar surface area (TPSA) is 88.1 Å². The zero-order valence-electron chi connectivity index (χ0n) is 17.1. The Morgan fingerprint density at radius 1 is 1.28 bits per heavy atom. The number of urea groups is 1. The predicted molar refractivity (Wildman–Crippen MR) is 110 cm³/mol. The Kier molecular flexibility index (Phi) is 4.77. The van der Waals surface area contributed by atoms with Gasteiger partial charge < -0.3 is 19.9 Å². The van der Waals surface area contributed by atoms with Crippen molar-refractivity contribution in [2.75, 3.05) is 11.9 Å². The summed E-state index contributed by atoms with van der Waals surface area (Å²) < 4.78 is 7.80. The second kappa shape index (κ2) is 7.27. The number of hydrogen-bond donors (Lipinski definition) is 2. The Bertz CT molecular complexity index is 1020. The van der Waals surface area contributed by atoms with Gasteiger partial charge in [0.25, 0.3) is 0 Å². The minimum Gasteiger partial charge on any atom is -0.486 e. The number of benzene rings is 1. The number of aromatic nitrogens is 4. The number of ether oxygens (including phenoxy) is 1. The monoisotopic (exact) mass is 394 g/mol. The molecule has 152 valence electrons. The predicted octanol–water partition coefficient (Wildman–Crippen LogP) is 3.50. The lowest BCUT2D eigenvalue weighted by atomic mass is 10.00. The van der Waals surface area contributed by atoms with Gasteiger partial charge in [0, 0.05) is 31.9 Å². The number of nitrogens with one attached hydrogen (secondary N) is 2. The molecule has 3 heterocycles. The van der Waals surface area contributed by atoms with Gasteiger partial charge >= 0.3 is 6.03 Å². The summed E-state index contributed by atoms with van der Waals surface area (Å²) in [6.45, 7) is 6.51. The molecular weight excluding hydrogens is 368 g/mol. The molecule has 0 bridgehead atoms. The maximum atomic E-state index is 13.3. The first-order valence-electron chi connectivity index (χ1n) is 9.69. The molecule has 0 radical (unpaired) electrons. The number of aryl methyl sites for hydroxylation is 1. The van der Waals surface area contributed by atoms with E-state index in [-0.39, 0.29) is 17.7 Å². The van der Waals surface area contributed by atoms with Gasteiger partial charge in [0.1, 0.15) is 17.4 Å². The van der Waals surface area contributed by atoms with Gasteiger partial charge in [-0.1, -0.05) is 12.1 Å². The summed E-state index contributed by atoms with van der Waals surface area (Å²) in [4.78, 5) is 22.8. The van der Waals surface area contributed by atoms with Gasteiger partial charge in [0.15, 0.2) is 0 Å². The van der Waals surface area contributed by atoms with Crippen LogP contribution < -0.4 is 10.1 Å². The summed E-state index contributed by atoms with van der Waals surface area (Å²) in [5.41, 5.74) is 3.09. The molecule has 1 aliphatic heterocycles. The molecule has 1 aromatic carbocycles. The molecule has 3 aromatic rings. The third-order valence-corrected chi connectivity index (χ3v) is 4.87. The molecule has 1 atom stereocenters. The van der Waals surface area contributed by atoms with Gasteiger partial charge in [-0.25, -0.2) is 9.78 Å². The summed E-state index contributed by atoms with van der Waals surface area (Å²) in [7, 11) is 1.87. The van der Waals surface area contributed by atoms with Crippen molar-refractivity contribution in [1.29, 1.82) is 0 Å². The number of carbonyl (C=O) groups excluding carboxylic acids is 1. The molecule has 0 fully saturated rings. The van der Waals surface area contributed by atoms with Crippen LogP contribution in [0.4, 0.5) is 10.5 Å². The van der Waals surface area contributed by atoms with Crippen LogP contribution in [0.25, 0.3) is 0 Å². The maximum absolute atomic E-state index is 13.3. The summed E-state index contributed by atoms with van der Waals surface area (Å²) in [5.74, 6) is 0.642. The van der Waals surface area contributed by atoms with Crippen molar-refractivity contribution in [1.82, 2.24) is 24.6 Å². The van der Waals surface area contributed by atoms with E-state index in [1.165, 1.54) is 0 Å². The van der Waals surface area contributed by atoms with E-state index >= 15 is 0 Å². The molecule has 4 rings (SSSR count). The molecule has 8 nitrogen and oxygen atoms in total. The lowest BCUT2D eigenvalue weighted by Crippen LogP contribution is -2.43. The van der Waals surface area contributed by atoms with Crippen LogP contribution in [0.5, 0.6) is 5.75 Å². The van der Waals surface area contributed by atoms with Gasteiger partial charge in [0.2, 0.25) is 0 Å². The van der Waals surface area contributed by atoms with Crippen LogP contribution in [0.1, 0.15) is 43.9 Å². The number of aromatic amines is 1. The van der Waals surface area contributed by atoms with E-state index < -0.39 is 0 Å². The number of amides is 2. The van der Waals surface area contributed by atoms with Crippen molar-refractivity contribution in [3.05, 3.63) is 59.9 Å². The molecule has 1 aliphatic rings. The molecule has 0 saturated carbocycles. The molecule has 0 unspecified atom stereocenters. The van der Waals surface area contributed by atoms with E-state index in [0.717, 1.165) is 23.5 Å². The van der Waals surface area contributed by atoms with Crippen LogP contribution in [0.3, 0.4) is 0 Å². The van der Waals surface area contributed by atoms with E-state index in [4.69, 9.17) is 4.74 Å². The molecule has 8 heteroatoms. The fourth-order valence-corrected chi connectivity index (χ4v) is 3.62. The lowest BCUT2D eigenvalue weighted by molar-refractivity contribution is 0.131. The first kappa shape index (κ1) is 19.0. The minimum absolute atomic E-state index is 0.199. The average molecular weight is 394 g/mol. The van der Waals surface area contributed by atoms with E-state index in [1.54, 1.807) is 22.1 Å². The number of nitrogens with zero attached hydrogens (tertiary/aromatic N) is 4. The fourth-order valence-electron chi connectivity index (χ4n) is 3.62. The van der Waals surface area contributed by atoms with Crippen molar-refractivity contribution in [3.8, 4) is 5.75 Å². The highest BCUT2D eigenvalue weighted by Gasteiger charge is 2.36. The third-order valence-electron chi connectivity index (χ3n) is 4.87. The Labute approximate surface area is 169 Å². The Morgan fingerprint density at radius 3 is 2.79 bits per heavy atom. The largest absolute Gasteiger partial charge is 0.486 e. The van der Waals surface area contributed by atoms with Crippen molar-refractivity contribution in [3.63, 3.8) is 0 Å². The number of fused-ring (bicyclic) bond motifs is 1. The summed E-state index contributed by atoms with van der Waals surface area (Å²) in [5, 5.41) is 7.31. The molecule has 0 aliphatic carbocycles. The first-order chi connectivity index (χ1) is 13.8. The highest BCUT2D eigenvalue weighted by molar-refractivity contribution is 5.91. The second-order valence-corrected chi connectivity index (χ2v) is 8.13. The van der Waals surface area contributed by atoms with Crippen LogP contribution in [0.2, 0.25) is 0 Å². The van der Waals surface area contributed by atoms with Gasteiger partial charge in [-0.3, -0.25) is 4.68 Å². The summed E-state index contributed by atoms with van der Waals surface area (Å²) >= 11 is 0.